The second-order valence-corrected chi connectivity index (χ2v) is 19.0. The second kappa shape index (κ2) is 18.9. The van der Waals surface area contributed by atoms with Crippen LogP contribution in [0.15, 0.2) is 24.3 Å². The molecule has 0 unspecified atom stereocenters. The first-order valence-electron chi connectivity index (χ1n) is 23.2. The predicted octanol–water partition coefficient (Wildman–Crippen LogP) is 16.3. The summed E-state index contributed by atoms with van der Waals surface area (Å²) < 4.78 is 20.1. The quantitative estimate of drug-likeness (QED) is 0.0584. The van der Waals surface area contributed by atoms with E-state index in [2.05, 4.69) is 65.8 Å². The lowest BCUT2D eigenvalue weighted by Gasteiger charge is -2.35. The summed E-state index contributed by atoms with van der Waals surface area (Å²) >= 11 is 2.80. The van der Waals surface area contributed by atoms with E-state index >= 15 is 0 Å². The number of benzene rings is 3. The number of aromatic nitrogens is 4. The molecule has 0 amide bonds. The minimum atomic E-state index is -0.0173. The highest BCUT2D eigenvalue weighted by Crippen LogP contribution is 2.63. The second-order valence-electron chi connectivity index (χ2n) is 17.9. The Labute approximate surface area is 347 Å². The number of hydrogen-bond donors (Lipinski definition) is 0. The van der Waals surface area contributed by atoms with E-state index in [4.69, 9.17) is 17.5 Å². The smallest absolute Gasteiger partial charge is 0.113 e. The van der Waals surface area contributed by atoms with Crippen LogP contribution in [0.2, 0.25) is 0 Å². The normalized spacial score (nSPS) is 14.8. The molecular weight excluding hydrogens is 721 g/mol. The third-order valence-electron chi connectivity index (χ3n) is 14.0. The van der Waals surface area contributed by atoms with Crippen LogP contribution in [0.25, 0.3) is 44.3 Å². The van der Waals surface area contributed by atoms with Gasteiger partial charge in [0.25, 0.3) is 0 Å². The number of nitrogens with zero attached hydrogens (tertiary/aromatic N) is 4. The maximum atomic E-state index is 5.14. The van der Waals surface area contributed by atoms with Gasteiger partial charge in [0.15, 0.2) is 0 Å². The zero-order valence-electron chi connectivity index (χ0n) is 35.9. The van der Waals surface area contributed by atoms with Gasteiger partial charge in [-0.2, -0.15) is 17.5 Å². The molecular formula is C50H70N4S2. The van der Waals surface area contributed by atoms with Gasteiger partial charge in [0, 0.05) is 22.0 Å². The molecule has 0 bridgehead atoms. The summed E-state index contributed by atoms with van der Waals surface area (Å²) in [6.07, 6.45) is 31.0. The summed E-state index contributed by atoms with van der Waals surface area (Å²) in [7, 11) is 0. The first-order valence-corrected chi connectivity index (χ1v) is 24.6. The van der Waals surface area contributed by atoms with Crippen molar-refractivity contribution >= 4 is 45.5 Å². The Balaban J connectivity index is 1.46. The van der Waals surface area contributed by atoms with Gasteiger partial charge in [0.2, 0.25) is 0 Å². The van der Waals surface area contributed by atoms with Gasteiger partial charge >= 0.3 is 0 Å². The van der Waals surface area contributed by atoms with Crippen molar-refractivity contribution in [1.29, 1.82) is 0 Å². The maximum absolute atomic E-state index is 5.14. The average molecular weight is 791 g/mol. The molecule has 0 saturated carbocycles. The summed E-state index contributed by atoms with van der Waals surface area (Å²) in [5.41, 5.74) is 19.0. The van der Waals surface area contributed by atoms with Crippen molar-refractivity contribution in [2.24, 2.45) is 0 Å². The zero-order chi connectivity index (χ0) is 39.1. The topological polar surface area (TPSA) is 51.6 Å². The van der Waals surface area contributed by atoms with Gasteiger partial charge in [-0.05, 0) is 96.2 Å². The molecule has 2 aliphatic rings. The molecule has 3 aromatic carbocycles. The van der Waals surface area contributed by atoms with Crippen LogP contribution in [0.3, 0.4) is 0 Å². The Morgan fingerprint density at radius 3 is 1.00 bits per heavy atom. The first kappa shape index (κ1) is 41.5. The van der Waals surface area contributed by atoms with E-state index in [-0.39, 0.29) is 10.8 Å². The fraction of sp³-hybridized carbons (Fsp3) is 0.640. The molecule has 0 saturated heterocycles. The highest BCUT2D eigenvalue weighted by Gasteiger charge is 2.49. The summed E-state index contributed by atoms with van der Waals surface area (Å²) in [5, 5.41) is 0. The number of fused-ring (bicyclic) bond motifs is 10. The Bertz CT molecular complexity index is 1890. The fourth-order valence-corrected chi connectivity index (χ4v) is 12.3. The lowest BCUT2D eigenvalue weighted by Crippen LogP contribution is -2.27. The Kier molecular flexibility index (Phi) is 14.0. The van der Waals surface area contributed by atoms with Gasteiger partial charge in [0.1, 0.15) is 22.1 Å². The number of rotatable bonds is 24. The van der Waals surface area contributed by atoms with E-state index < -0.39 is 0 Å². The van der Waals surface area contributed by atoms with Crippen molar-refractivity contribution < 1.29 is 0 Å². The van der Waals surface area contributed by atoms with E-state index in [0.29, 0.717) is 0 Å². The van der Waals surface area contributed by atoms with Crippen molar-refractivity contribution in [3.05, 3.63) is 57.6 Å². The summed E-state index contributed by atoms with van der Waals surface area (Å²) in [5.74, 6) is 0. The van der Waals surface area contributed by atoms with Crippen LogP contribution in [-0.4, -0.2) is 17.5 Å². The SMILES string of the molecule is CCCCCCCC1(CCCCCCC)c2cc3c(cc2-c2c1cc(C)c1nsnc21)C(CCCCCCC)(CCCCCCC)c1cc(C)c2nsnc2c1-3. The predicted molar refractivity (Wildman–Crippen MR) is 244 cm³/mol. The molecule has 302 valence electrons. The van der Waals surface area contributed by atoms with Gasteiger partial charge in [0.05, 0.1) is 23.5 Å². The van der Waals surface area contributed by atoms with Crippen LogP contribution in [0.4, 0.5) is 0 Å². The molecule has 5 aromatic rings. The molecule has 0 atom stereocenters. The van der Waals surface area contributed by atoms with E-state index in [0.717, 1.165) is 22.1 Å². The monoisotopic (exact) mass is 791 g/mol. The van der Waals surface area contributed by atoms with Crippen molar-refractivity contribution in [2.75, 3.05) is 0 Å². The summed E-state index contributed by atoms with van der Waals surface area (Å²) in [6, 6.07) is 10.6. The number of hydrogen-bond acceptors (Lipinski definition) is 6. The van der Waals surface area contributed by atoms with Crippen LogP contribution in [0, 0.1) is 13.8 Å². The zero-order valence-corrected chi connectivity index (χ0v) is 37.5. The van der Waals surface area contributed by atoms with Gasteiger partial charge in [-0.15, -0.1) is 0 Å². The highest BCUT2D eigenvalue weighted by molar-refractivity contribution is 7.00. The number of unbranched alkanes of at least 4 members (excludes halogenated alkanes) is 16. The van der Waals surface area contributed by atoms with Crippen LogP contribution >= 0.6 is 23.5 Å². The van der Waals surface area contributed by atoms with Gasteiger partial charge in [-0.3, -0.25) is 0 Å². The minimum absolute atomic E-state index is 0.0173. The summed E-state index contributed by atoms with van der Waals surface area (Å²) in [4.78, 5) is 0. The molecule has 2 aromatic heterocycles. The van der Waals surface area contributed by atoms with Crippen LogP contribution in [-0.2, 0) is 10.8 Å². The van der Waals surface area contributed by atoms with Crippen molar-refractivity contribution in [3.63, 3.8) is 0 Å². The Hall–Kier alpha value is -2.70. The van der Waals surface area contributed by atoms with E-state index in [1.807, 2.05) is 0 Å². The molecule has 6 heteroatoms. The number of aryl methyl sites for hydroxylation is 2. The Morgan fingerprint density at radius 2 is 0.679 bits per heavy atom. The first-order chi connectivity index (χ1) is 27.5. The molecule has 7 rings (SSSR count). The summed E-state index contributed by atoms with van der Waals surface area (Å²) in [6.45, 7) is 13.9. The largest absolute Gasteiger partial charge is 0.173 e. The van der Waals surface area contributed by atoms with Gasteiger partial charge in [-0.1, -0.05) is 168 Å². The Morgan fingerprint density at radius 1 is 0.375 bits per heavy atom. The lowest BCUT2D eigenvalue weighted by molar-refractivity contribution is 0.395. The van der Waals surface area contributed by atoms with E-state index in [1.54, 1.807) is 22.3 Å². The molecule has 0 N–H and O–H groups in total. The standard InChI is InChI=1S/C50H70N4S2/c1-7-11-15-19-23-27-49(28-24-20-16-12-8-2)39-33-38-40(34-37(39)43-41(49)31-35(5)45-47(43)53-55-51-45)50(29-25-21-17-13-9-3,30-26-22-18-14-10-4)42-32-36(6)46-48(44(38)42)54-56-52-46/h31-34H,7-30H2,1-6H3. The lowest BCUT2D eigenvalue weighted by atomic mass is 9.68. The molecule has 4 nitrogen and oxygen atoms in total. The third kappa shape index (κ3) is 7.76. The van der Waals surface area contributed by atoms with Crippen LogP contribution in [0.5, 0.6) is 0 Å². The molecule has 2 aliphatic carbocycles. The van der Waals surface area contributed by atoms with E-state index in [9.17, 15) is 0 Å². The van der Waals surface area contributed by atoms with Crippen LogP contribution < -0.4 is 0 Å². The van der Waals surface area contributed by atoms with Gasteiger partial charge < -0.3 is 0 Å². The fourth-order valence-electron chi connectivity index (χ4n) is 11.0. The molecule has 56 heavy (non-hydrogen) atoms. The molecule has 2 heterocycles. The van der Waals surface area contributed by atoms with Crippen molar-refractivity contribution in [2.45, 2.75) is 206 Å². The maximum Gasteiger partial charge on any atom is 0.113 e. The average Bonchev–Trinajstić information content (AvgIpc) is 3.99. The van der Waals surface area contributed by atoms with Gasteiger partial charge in [-0.25, -0.2) is 0 Å². The highest BCUT2D eigenvalue weighted by atomic mass is 32.1. The van der Waals surface area contributed by atoms with Crippen molar-refractivity contribution in [1.82, 2.24) is 17.5 Å². The third-order valence-corrected chi connectivity index (χ3v) is 15.1. The minimum Gasteiger partial charge on any atom is -0.173 e. The van der Waals surface area contributed by atoms with Crippen LogP contribution in [0.1, 0.15) is 215 Å². The molecule has 0 fully saturated rings. The molecule has 0 aliphatic heterocycles. The molecule has 0 radical (unpaired) electrons. The van der Waals surface area contributed by atoms with E-state index in [1.165, 1.54) is 211 Å². The molecule has 0 spiro atoms. The van der Waals surface area contributed by atoms with Crippen molar-refractivity contribution in [3.8, 4) is 22.3 Å².